The molecule has 0 unspecified atom stereocenters. The lowest BCUT2D eigenvalue weighted by molar-refractivity contribution is 0.231. The van der Waals surface area contributed by atoms with Gasteiger partial charge in [-0.3, -0.25) is 0 Å². The molecule has 0 amide bonds. The van der Waals surface area contributed by atoms with Gasteiger partial charge in [0.15, 0.2) is 0 Å². The van der Waals surface area contributed by atoms with Gasteiger partial charge in [0.25, 0.3) is 0 Å². The fourth-order valence-electron chi connectivity index (χ4n) is 0.796. The van der Waals surface area contributed by atoms with Crippen molar-refractivity contribution in [3.8, 4) is 11.9 Å². The van der Waals surface area contributed by atoms with E-state index >= 15 is 0 Å². The van der Waals surface area contributed by atoms with Crippen LogP contribution in [0.5, 0.6) is 5.88 Å². The molecule has 68 valence electrons. The lowest BCUT2D eigenvalue weighted by Crippen LogP contribution is -2.07. The maximum atomic E-state index is 8.58. The van der Waals surface area contributed by atoms with Crippen LogP contribution in [0.4, 0.5) is 0 Å². The van der Waals surface area contributed by atoms with Crippen molar-refractivity contribution in [3.05, 3.63) is 22.3 Å². The number of nitrogens with zero attached hydrogens (tertiary/aromatic N) is 2. The first-order chi connectivity index (χ1) is 6.13. The number of pyridine rings is 1. The Bertz CT molecular complexity index is 344. The highest BCUT2D eigenvalue weighted by Crippen LogP contribution is 2.23. The van der Waals surface area contributed by atoms with Gasteiger partial charge in [-0.05, 0) is 35.8 Å². The fourth-order valence-corrected chi connectivity index (χ4v) is 1.24. The zero-order chi connectivity index (χ0) is 9.84. The molecule has 0 saturated heterocycles. The number of ether oxygens (including phenoxy) is 1. The molecule has 0 aliphatic rings. The second-order valence-corrected chi connectivity index (χ2v) is 3.64. The van der Waals surface area contributed by atoms with Gasteiger partial charge in [0.05, 0.1) is 16.1 Å². The molecule has 0 spiro atoms. The molecule has 3 nitrogen and oxygen atoms in total. The highest BCUT2D eigenvalue weighted by atomic mass is 79.9. The number of hydrogen-bond donors (Lipinski definition) is 0. The van der Waals surface area contributed by atoms with E-state index in [-0.39, 0.29) is 6.10 Å². The lowest BCUT2D eigenvalue weighted by Gasteiger charge is -2.09. The Morgan fingerprint density at radius 1 is 1.62 bits per heavy atom. The Labute approximate surface area is 85.5 Å². The number of rotatable bonds is 2. The van der Waals surface area contributed by atoms with Crippen LogP contribution in [-0.4, -0.2) is 11.1 Å². The van der Waals surface area contributed by atoms with Crippen LogP contribution in [0.2, 0.25) is 0 Å². The van der Waals surface area contributed by atoms with E-state index in [2.05, 4.69) is 20.9 Å². The monoisotopic (exact) mass is 240 g/mol. The van der Waals surface area contributed by atoms with Gasteiger partial charge in [-0.15, -0.1) is 0 Å². The van der Waals surface area contributed by atoms with Crippen LogP contribution in [0.15, 0.2) is 16.7 Å². The Morgan fingerprint density at radius 2 is 2.31 bits per heavy atom. The summed E-state index contributed by atoms with van der Waals surface area (Å²) in [6, 6.07) is 3.69. The summed E-state index contributed by atoms with van der Waals surface area (Å²) in [7, 11) is 0. The van der Waals surface area contributed by atoms with Gasteiger partial charge in [0, 0.05) is 6.20 Å². The fraction of sp³-hybridized carbons (Fsp3) is 0.333. The van der Waals surface area contributed by atoms with Crippen LogP contribution in [0.25, 0.3) is 0 Å². The quantitative estimate of drug-likeness (QED) is 0.799. The summed E-state index contributed by atoms with van der Waals surface area (Å²) >= 11 is 3.28. The molecule has 1 heterocycles. The predicted octanol–water partition coefficient (Wildman–Crippen LogP) is 2.50. The summed E-state index contributed by atoms with van der Waals surface area (Å²) in [6.45, 7) is 3.85. The summed E-state index contributed by atoms with van der Waals surface area (Å²) in [5.74, 6) is 0.522. The van der Waals surface area contributed by atoms with E-state index in [1.165, 1.54) is 6.20 Å². The van der Waals surface area contributed by atoms with Gasteiger partial charge < -0.3 is 4.74 Å². The van der Waals surface area contributed by atoms with Crippen molar-refractivity contribution in [2.75, 3.05) is 0 Å². The first-order valence-corrected chi connectivity index (χ1v) is 4.65. The Morgan fingerprint density at radius 3 is 2.77 bits per heavy atom. The van der Waals surface area contributed by atoms with Gasteiger partial charge in [-0.25, -0.2) is 4.98 Å². The second-order valence-electron chi connectivity index (χ2n) is 2.79. The Hall–Kier alpha value is -1.08. The highest BCUT2D eigenvalue weighted by molar-refractivity contribution is 9.10. The van der Waals surface area contributed by atoms with E-state index in [1.807, 2.05) is 19.9 Å². The van der Waals surface area contributed by atoms with Gasteiger partial charge in [-0.1, -0.05) is 0 Å². The summed E-state index contributed by atoms with van der Waals surface area (Å²) in [5, 5.41) is 8.58. The van der Waals surface area contributed by atoms with Gasteiger partial charge in [-0.2, -0.15) is 5.26 Å². The average Bonchev–Trinajstić information content (AvgIpc) is 2.08. The molecule has 1 aromatic rings. The molecule has 0 bridgehead atoms. The molecular formula is C9H9BrN2O. The van der Waals surface area contributed by atoms with Crippen LogP contribution in [0.3, 0.4) is 0 Å². The number of nitriles is 1. The minimum Gasteiger partial charge on any atom is -0.474 e. The SMILES string of the molecule is CC(C)Oc1ncc(C#N)cc1Br. The maximum Gasteiger partial charge on any atom is 0.228 e. The second kappa shape index (κ2) is 4.24. The Kier molecular flexibility index (Phi) is 3.26. The highest BCUT2D eigenvalue weighted by Gasteiger charge is 2.05. The van der Waals surface area contributed by atoms with E-state index in [9.17, 15) is 0 Å². The first-order valence-electron chi connectivity index (χ1n) is 3.85. The van der Waals surface area contributed by atoms with Crippen LogP contribution in [0.1, 0.15) is 19.4 Å². The lowest BCUT2D eigenvalue weighted by atomic mass is 10.3. The van der Waals surface area contributed by atoms with Crippen molar-refractivity contribution in [2.24, 2.45) is 0 Å². The third-order valence-corrected chi connectivity index (χ3v) is 1.85. The molecule has 13 heavy (non-hydrogen) atoms. The van der Waals surface area contributed by atoms with Gasteiger partial charge in [0.1, 0.15) is 6.07 Å². The van der Waals surface area contributed by atoms with E-state index in [1.54, 1.807) is 6.07 Å². The van der Waals surface area contributed by atoms with Crippen molar-refractivity contribution >= 4 is 15.9 Å². The molecular weight excluding hydrogens is 232 g/mol. The van der Waals surface area contributed by atoms with Crippen LogP contribution in [-0.2, 0) is 0 Å². The minimum atomic E-state index is 0.0803. The third kappa shape index (κ3) is 2.71. The molecule has 0 aliphatic carbocycles. The zero-order valence-electron chi connectivity index (χ0n) is 7.41. The minimum absolute atomic E-state index is 0.0803. The summed E-state index contributed by atoms with van der Waals surface area (Å²) in [4.78, 5) is 4.00. The Balaban J connectivity index is 2.93. The van der Waals surface area contributed by atoms with Crippen LogP contribution >= 0.6 is 15.9 Å². The van der Waals surface area contributed by atoms with Gasteiger partial charge in [0.2, 0.25) is 5.88 Å². The van der Waals surface area contributed by atoms with Crippen molar-refractivity contribution in [2.45, 2.75) is 20.0 Å². The molecule has 1 aromatic heterocycles. The zero-order valence-corrected chi connectivity index (χ0v) is 9.00. The number of hydrogen-bond acceptors (Lipinski definition) is 3. The standard InChI is InChI=1S/C9H9BrN2O/c1-6(2)13-9-8(10)3-7(4-11)5-12-9/h3,5-6H,1-2H3. The molecule has 0 N–H and O–H groups in total. The van der Waals surface area contributed by atoms with Gasteiger partial charge >= 0.3 is 0 Å². The number of aromatic nitrogens is 1. The topological polar surface area (TPSA) is 45.9 Å². The molecule has 0 atom stereocenters. The number of halogens is 1. The van der Waals surface area contributed by atoms with Crippen molar-refractivity contribution < 1.29 is 4.74 Å². The molecule has 1 rings (SSSR count). The summed E-state index contributed by atoms with van der Waals surface area (Å²) in [5.41, 5.74) is 0.517. The first kappa shape index (κ1) is 10.0. The molecule has 0 aromatic carbocycles. The van der Waals surface area contributed by atoms with Crippen LogP contribution < -0.4 is 4.74 Å². The van der Waals surface area contributed by atoms with Crippen molar-refractivity contribution in [1.82, 2.24) is 4.98 Å². The van der Waals surface area contributed by atoms with Crippen molar-refractivity contribution in [3.63, 3.8) is 0 Å². The predicted molar refractivity (Wildman–Crippen MR) is 52.4 cm³/mol. The van der Waals surface area contributed by atoms with Crippen molar-refractivity contribution in [1.29, 1.82) is 5.26 Å². The maximum absolute atomic E-state index is 8.58. The van der Waals surface area contributed by atoms with E-state index in [4.69, 9.17) is 10.00 Å². The molecule has 4 heteroatoms. The average molecular weight is 241 g/mol. The third-order valence-electron chi connectivity index (χ3n) is 1.28. The van der Waals surface area contributed by atoms with E-state index < -0.39 is 0 Å². The van der Waals surface area contributed by atoms with Crippen LogP contribution in [0, 0.1) is 11.3 Å². The normalized spacial score (nSPS) is 9.77. The largest absolute Gasteiger partial charge is 0.474 e. The molecule has 0 saturated carbocycles. The smallest absolute Gasteiger partial charge is 0.228 e. The molecule has 0 radical (unpaired) electrons. The van der Waals surface area contributed by atoms with E-state index in [0.717, 1.165) is 0 Å². The molecule has 0 aliphatic heterocycles. The summed E-state index contributed by atoms with van der Waals surface area (Å²) in [6.07, 6.45) is 1.57. The summed E-state index contributed by atoms with van der Waals surface area (Å²) < 4.78 is 6.09. The molecule has 0 fully saturated rings. The van der Waals surface area contributed by atoms with E-state index in [0.29, 0.717) is 15.9 Å².